The first-order valence-corrected chi connectivity index (χ1v) is 6.24. The second-order valence-corrected chi connectivity index (χ2v) is 4.81. The van der Waals surface area contributed by atoms with Crippen molar-refractivity contribution in [1.29, 1.82) is 0 Å². The number of ether oxygens (including phenoxy) is 1. The molecule has 3 nitrogen and oxygen atoms in total. The molecule has 0 aliphatic rings. The summed E-state index contributed by atoms with van der Waals surface area (Å²) in [6.07, 6.45) is 0. The van der Waals surface area contributed by atoms with Gasteiger partial charge in [-0.25, -0.2) is 0 Å². The summed E-state index contributed by atoms with van der Waals surface area (Å²) in [5.74, 6) is 0.932. The molecule has 0 aromatic heterocycles. The van der Waals surface area contributed by atoms with Crippen molar-refractivity contribution in [3.05, 3.63) is 29.8 Å². The fourth-order valence-corrected chi connectivity index (χ4v) is 1.77. The zero-order valence-electron chi connectivity index (χ0n) is 11.1. The predicted octanol–water partition coefficient (Wildman–Crippen LogP) is 1.91. The Bertz CT molecular complexity index is 319. The summed E-state index contributed by atoms with van der Waals surface area (Å²) in [7, 11) is 0. The minimum Gasteiger partial charge on any atom is -0.494 e. The quantitative estimate of drug-likeness (QED) is 0.711. The SMILES string of the molecule is CCOc1ccc(C(C)(C)CNCCN)cc1. The fraction of sp³-hybridized carbons (Fsp3) is 0.571. The normalized spacial score (nSPS) is 11.5. The molecule has 0 spiro atoms. The molecule has 0 radical (unpaired) electrons. The first-order valence-electron chi connectivity index (χ1n) is 6.24. The molecule has 0 saturated carbocycles. The lowest BCUT2D eigenvalue weighted by Gasteiger charge is -2.26. The molecule has 0 aliphatic heterocycles. The second-order valence-electron chi connectivity index (χ2n) is 4.81. The van der Waals surface area contributed by atoms with Gasteiger partial charge in [-0.15, -0.1) is 0 Å². The lowest BCUT2D eigenvalue weighted by atomic mass is 9.84. The van der Waals surface area contributed by atoms with Crippen LogP contribution in [0.5, 0.6) is 5.75 Å². The molecule has 0 saturated heterocycles. The van der Waals surface area contributed by atoms with Crippen LogP contribution in [0.1, 0.15) is 26.3 Å². The third-order valence-electron chi connectivity index (χ3n) is 2.83. The highest BCUT2D eigenvalue weighted by atomic mass is 16.5. The van der Waals surface area contributed by atoms with Crippen LogP contribution in [0.15, 0.2) is 24.3 Å². The van der Waals surface area contributed by atoms with E-state index in [1.54, 1.807) is 0 Å². The van der Waals surface area contributed by atoms with Gasteiger partial charge in [-0.1, -0.05) is 26.0 Å². The molecule has 0 atom stereocenters. The molecule has 1 aromatic carbocycles. The Kier molecular flexibility index (Phi) is 5.45. The molecule has 96 valence electrons. The van der Waals surface area contributed by atoms with E-state index in [9.17, 15) is 0 Å². The largest absolute Gasteiger partial charge is 0.494 e. The Hall–Kier alpha value is -1.06. The number of nitrogens with two attached hydrogens (primary N) is 1. The van der Waals surface area contributed by atoms with E-state index in [1.807, 2.05) is 19.1 Å². The maximum atomic E-state index is 5.47. The van der Waals surface area contributed by atoms with Crippen molar-refractivity contribution in [3.63, 3.8) is 0 Å². The topological polar surface area (TPSA) is 47.3 Å². The van der Waals surface area contributed by atoms with Crippen LogP contribution in [-0.2, 0) is 5.41 Å². The van der Waals surface area contributed by atoms with Crippen LogP contribution in [0.25, 0.3) is 0 Å². The molecule has 0 aliphatic carbocycles. The first-order chi connectivity index (χ1) is 8.10. The van der Waals surface area contributed by atoms with E-state index in [0.717, 1.165) is 18.8 Å². The Morgan fingerprint density at radius 1 is 1.24 bits per heavy atom. The number of hydrogen-bond donors (Lipinski definition) is 2. The van der Waals surface area contributed by atoms with E-state index in [2.05, 4.69) is 31.3 Å². The molecule has 1 rings (SSSR count). The summed E-state index contributed by atoms with van der Waals surface area (Å²) < 4.78 is 5.44. The van der Waals surface area contributed by atoms with Crippen LogP contribution in [0.4, 0.5) is 0 Å². The molecular weight excluding hydrogens is 212 g/mol. The number of benzene rings is 1. The average Bonchev–Trinajstić information content (AvgIpc) is 2.30. The highest BCUT2D eigenvalue weighted by molar-refractivity contribution is 5.31. The monoisotopic (exact) mass is 236 g/mol. The molecule has 1 aromatic rings. The maximum Gasteiger partial charge on any atom is 0.119 e. The highest BCUT2D eigenvalue weighted by Gasteiger charge is 2.19. The maximum absolute atomic E-state index is 5.47. The van der Waals surface area contributed by atoms with Gasteiger partial charge in [0, 0.05) is 25.0 Å². The van der Waals surface area contributed by atoms with Crippen molar-refractivity contribution in [3.8, 4) is 5.75 Å². The van der Waals surface area contributed by atoms with Gasteiger partial charge in [0.25, 0.3) is 0 Å². The van der Waals surface area contributed by atoms with Crippen molar-refractivity contribution in [2.24, 2.45) is 5.73 Å². The van der Waals surface area contributed by atoms with Gasteiger partial charge in [-0.3, -0.25) is 0 Å². The van der Waals surface area contributed by atoms with Gasteiger partial charge in [0.2, 0.25) is 0 Å². The Labute approximate surface area is 104 Å². The van der Waals surface area contributed by atoms with Crippen molar-refractivity contribution < 1.29 is 4.74 Å². The van der Waals surface area contributed by atoms with Gasteiger partial charge in [0.05, 0.1) is 6.61 Å². The first kappa shape index (κ1) is 14.0. The highest BCUT2D eigenvalue weighted by Crippen LogP contribution is 2.24. The number of rotatable bonds is 7. The Morgan fingerprint density at radius 3 is 2.41 bits per heavy atom. The van der Waals surface area contributed by atoms with Gasteiger partial charge < -0.3 is 15.8 Å². The van der Waals surface area contributed by atoms with Crippen LogP contribution in [0.3, 0.4) is 0 Å². The summed E-state index contributed by atoms with van der Waals surface area (Å²) in [6, 6.07) is 8.33. The van der Waals surface area contributed by atoms with Crippen LogP contribution >= 0.6 is 0 Å². The molecule has 3 N–H and O–H groups in total. The van der Waals surface area contributed by atoms with Gasteiger partial charge >= 0.3 is 0 Å². The third-order valence-corrected chi connectivity index (χ3v) is 2.83. The van der Waals surface area contributed by atoms with Gasteiger partial charge in [-0.05, 0) is 24.6 Å². The van der Waals surface area contributed by atoms with Crippen molar-refractivity contribution in [2.45, 2.75) is 26.2 Å². The minimum absolute atomic E-state index is 0.111. The van der Waals surface area contributed by atoms with Gasteiger partial charge in [0.1, 0.15) is 5.75 Å². The van der Waals surface area contributed by atoms with E-state index in [-0.39, 0.29) is 5.41 Å². The second kappa shape index (κ2) is 6.62. The fourth-order valence-electron chi connectivity index (χ4n) is 1.77. The number of nitrogens with one attached hydrogen (secondary N) is 1. The van der Waals surface area contributed by atoms with Gasteiger partial charge in [0.15, 0.2) is 0 Å². The summed E-state index contributed by atoms with van der Waals surface area (Å²) in [4.78, 5) is 0. The molecule has 0 unspecified atom stereocenters. The summed E-state index contributed by atoms with van der Waals surface area (Å²) in [6.45, 7) is 9.63. The molecule has 0 amide bonds. The lowest BCUT2D eigenvalue weighted by Crippen LogP contribution is -2.35. The van der Waals surface area contributed by atoms with E-state index < -0.39 is 0 Å². The average molecular weight is 236 g/mol. The van der Waals surface area contributed by atoms with Crippen LogP contribution in [-0.4, -0.2) is 26.2 Å². The molecule has 3 heteroatoms. The number of hydrogen-bond acceptors (Lipinski definition) is 3. The lowest BCUT2D eigenvalue weighted by molar-refractivity contribution is 0.340. The van der Waals surface area contributed by atoms with E-state index in [0.29, 0.717) is 13.2 Å². The Morgan fingerprint density at radius 2 is 1.88 bits per heavy atom. The molecule has 0 heterocycles. The van der Waals surface area contributed by atoms with Crippen LogP contribution in [0, 0.1) is 0 Å². The van der Waals surface area contributed by atoms with Crippen molar-refractivity contribution >= 4 is 0 Å². The van der Waals surface area contributed by atoms with E-state index >= 15 is 0 Å². The van der Waals surface area contributed by atoms with Crippen molar-refractivity contribution in [2.75, 3.05) is 26.2 Å². The Balaban J connectivity index is 2.63. The standard InChI is InChI=1S/C14H24N2O/c1-4-17-13-7-5-12(6-8-13)14(2,3)11-16-10-9-15/h5-8,16H,4,9-11,15H2,1-3H3. The van der Waals surface area contributed by atoms with Crippen molar-refractivity contribution in [1.82, 2.24) is 5.32 Å². The van der Waals surface area contributed by atoms with Crippen LogP contribution < -0.4 is 15.8 Å². The van der Waals surface area contributed by atoms with E-state index in [1.165, 1.54) is 5.56 Å². The summed E-state index contributed by atoms with van der Waals surface area (Å²) in [5.41, 5.74) is 6.89. The molecule has 0 fully saturated rings. The molecule has 0 bridgehead atoms. The minimum atomic E-state index is 0.111. The zero-order valence-corrected chi connectivity index (χ0v) is 11.1. The third kappa shape index (κ3) is 4.36. The van der Waals surface area contributed by atoms with Gasteiger partial charge in [-0.2, -0.15) is 0 Å². The molecule has 17 heavy (non-hydrogen) atoms. The predicted molar refractivity (Wildman–Crippen MR) is 72.6 cm³/mol. The molecular formula is C14H24N2O. The smallest absolute Gasteiger partial charge is 0.119 e. The summed E-state index contributed by atoms with van der Waals surface area (Å²) >= 11 is 0. The summed E-state index contributed by atoms with van der Waals surface area (Å²) in [5, 5.41) is 3.36. The zero-order chi connectivity index (χ0) is 12.7. The van der Waals surface area contributed by atoms with Crippen LogP contribution in [0.2, 0.25) is 0 Å². The van der Waals surface area contributed by atoms with E-state index in [4.69, 9.17) is 10.5 Å².